The zero-order chi connectivity index (χ0) is 18.1. The smallest absolute Gasteiger partial charge is 0.265 e. The van der Waals surface area contributed by atoms with Gasteiger partial charge in [-0.15, -0.1) is 0 Å². The van der Waals surface area contributed by atoms with Gasteiger partial charge in [0.05, 0.1) is 11.8 Å². The number of rotatable bonds is 3. The van der Waals surface area contributed by atoms with E-state index in [4.69, 9.17) is 15.5 Å². The largest absolute Gasteiger partial charge is 0.488 e. The lowest BCUT2D eigenvalue weighted by Crippen LogP contribution is -2.43. The molecule has 1 aromatic rings. The monoisotopic (exact) mass is 375 g/mol. The van der Waals surface area contributed by atoms with Gasteiger partial charge in [0.15, 0.2) is 11.3 Å². The van der Waals surface area contributed by atoms with Gasteiger partial charge in [-0.25, -0.2) is 4.39 Å². The number of thioether (sulfide) groups is 1. The Hall–Kier alpha value is -2.02. The quantitative estimate of drug-likeness (QED) is 0.848. The molecule has 1 aromatic carbocycles. The lowest BCUT2D eigenvalue weighted by Gasteiger charge is -2.44. The molecule has 0 bridgehead atoms. The summed E-state index contributed by atoms with van der Waals surface area (Å²) in [4.78, 5) is 17.0. The predicted molar refractivity (Wildman–Crippen MR) is 101 cm³/mol. The third-order valence-electron chi connectivity index (χ3n) is 5.46. The molecule has 1 aliphatic carbocycles. The number of nitrogens with two attached hydrogens (primary N) is 1. The van der Waals surface area contributed by atoms with Crippen LogP contribution in [0.15, 0.2) is 35.5 Å². The molecule has 2 aliphatic heterocycles. The number of halogens is 1. The summed E-state index contributed by atoms with van der Waals surface area (Å²) in [5.41, 5.74) is 6.49. The number of amidine groups is 1. The summed E-state index contributed by atoms with van der Waals surface area (Å²) in [6, 6.07) is 4.71. The van der Waals surface area contributed by atoms with Crippen LogP contribution in [0.25, 0.3) is 0 Å². The molecule has 7 heteroatoms. The highest BCUT2D eigenvalue weighted by molar-refractivity contribution is 8.13. The normalized spacial score (nSPS) is 30.3. The first-order valence-electron chi connectivity index (χ1n) is 8.98. The maximum absolute atomic E-state index is 14.8. The summed E-state index contributed by atoms with van der Waals surface area (Å²) in [5, 5.41) is 3.35. The Morgan fingerprint density at radius 3 is 3.12 bits per heavy atom. The number of nitrogens with zero attached hydrogens (tertiary/aromatic N) is 1. The maximum atomic E-state index is 14.8. The first-order chi connectivity index (χ1) is 12.6. The number of ether oxygens (including phenoxy) is 1. The fourth-order valence-corrected chi connectivity index (χ4v) is 5.18. The van der Waals surface area contributed by atoms with E-state index in [-0.39, 0.29) is 17.6 Å². The van der Waals surface area contributed by atoms with Crippen molar-refractivity contribution in [3.8, 4) is 0 Å². The van der Waals surface area contributed by atoms with E-state index in [1.54, 1.807) is 23.9 Å². The minimum absolute atomic E-state index is 0.229. The Kier molecular flexibility index (Phi) is 4.65. The fraction of sp³-hybridized carbons (Fsp3) is 0.474. The molecular weight excluding hydrogens is 353 g/mol. The fourth-order valence-electron chi connectivity index (χ4n) is 4.14. The van der Waals surface area contributed by atoms with Crippen LogP contribution in [0.5, 0.6) is 0 Å². The highest BCUT2D eigenvalue weighted by Crippen LogP contribution is 2.50. The van der Waals surface area contributed by atoms with Crippen LogP contribution < -0.4 is 11.1 Å². The van der Waals surface area contributed by atoms with Gasteiger partial charge >= 0.3 is 0 Å². The second kappa shape index (κ2) is 6.95. The molecule has 1 saturated carbocycles. The van der Waals surface area contributed by atoms with Crippen molar-refractivity contribution in [3.63, 3.8) is 0 Å². The van der Waals surface area contributed by atoms with Crippen molar-refractivity contribution >= 4 is 28.5 Å². The summed E-state index contributed by atoms with van der Waals surface area (Å²) in [5.74, 6) is 0.591. The number of fused-ring (bicyclic) bond motifs is 1. The second-order valence-electron chi connectivity index (χ2n) is 7.04. The number of carbonyl (C=O) groups excluding carboxylic acids is 1. The standard InChI is InChI=1S/C19H22FN3O2S/c20-15-7-6-13(22-17(24)16-5-3-9-25-16)10-14(15)19-8-2-1-4-12(19)11-26-18(21)23-19/h3,6-7,9-10,12,16H,1-2,4-5,8,11H2,(H2,21,23)(H,22,24)/t12-,16?,19-/m0/s1. The predicted octanol–water partition coefficient (Wildman–Crippen LogP) is 3.51. The van der Waals surface area contributed by atoms with E-state index in [2.05, 4.69) is 5.32 Å². The van der Waals surface area contributed by atoms with Crippen LogP contribution >= 0.6 is 11.8 Å². The van der Waals surface area contributed by atoms with Crippen LogP contribution in [0.4, 0.5) is 10.1 Å². The third-order valence-corrected chi connectivity index (χ3v) is 6.42. The molecular formula is C19H22FN3O2S. The van der Waals surface area contributed by atoms with E-state index in [9.17, 15) is 9.18 Å². The van der Waals surface area contributed by atoms with Gasteiger partial charge in [-0.2, -0.15) is 0 Å². The van der Waals surface area contributed by atoms with Crippen LogP contribution in [0.3, 0.4) is 0 Å². The van der Waals surface area contributed by atoms with Gasteiger partial charge in [0, 0.05) is 23.4 Å². The van der Waals surface area contributed by atoms with Crippen molar-refractivity contribution in [2.45, 2.75) is 43.7 Å². The Labute approximate surface area is 156 Å². The summed E-state index contributed by atoms with van der Waals surface area (Å²) in [7, 11) is 0. The summed E-state index contributed by atoms with van der Waals surface area (Å²) in [6.07, 6.45) is 7.28. The SMILES string of the molecule is NC1=N[C@@]2(c3cc(NC(=O)C4CC=CO4)ccc3F)CCCC[C@H]2CS1. The number of nitrogens with one attached hydrogen (secondary N) is 1. The molecule has 0 saturated heterocycles. The molecule has 3 N–H and O–H groups in total. The summed E-state index contributed by atoms with van der Waals surface area (Å²) < 4.78 is 20.1. The van der Waals surface area contributed by atoms with Crippen LogP contribution in [0.2, 0.25) is 0 Å². The molecule has 1 fully saturated rings. The van der Waals surface area contributed by atoms with Gasteiger partial charge in [0.2, 0.25) is 0 Å². The number of anilines is 1. The average molecular weight is 375 g/mol. The number of carbonyl (C=O) groups is 1. The molecule has 0 spiro atoms. The van der Waals surface area contributed by atoms with E-state index < -0.39 is 11.6 Å². The number of amides is 1. The molecule has 4 rings (SSSR count). The van der Waals surface area contributed by atoms with Crippen molar-refractivity contribution in [2.75, 3.05) is 11.1 Å². The van der Waals surface area contributed by atoms with E-state index in [1.165, 1.54) is 12.3 Å². The molecule has 0 aromatic heterocycles. The molecule has 0 radical (unpaired) electrons. The van der Waals surface area contributed by atoms with Crippen LogP contribution in [-0.2, 0) is 15.1 Å². The maximum Gasteiger partial charge on any atom is 0.265 e. The Morgan fingerprint density at radius 1 is 1.42 bits per heavy atom. The Morgan fingerprint density at radius 2 is 2.31 bits per heavy atom. The second-order valence-corrected chi connectivity index (χ2v) is 8.08. The topological polar surface area (TPSA) is 76.7 Å². The van der Waals surface area contributed by atoms with Crippen molar-refractivity contribution in [1.29, 1.82) is 0 Å². The van der Waals surface area contributed by atoms with E-state index in [1.807, 2.05) is 6.08 Å². The first kappa shape index (κ1) is 17.4. The van der Waals surface area contributed by atoms with Gasteiger partial charge in [-0.1, -0.05) is 24.6 Å². The minimum atomic E-state index is -0.621. The van der Waals surface area contributed by atoms with Gasteiger partial charge in [0.1, 0.15) is 5.82 Å². The zero-order valence-electron chi connectivity index (χ0n) is 14.4. The molecule has 3 aliphatic rings. The van der Waals surface area contributed by atoms with Crippen molar-refractivity contribution in [3.05, 3.63) is 41.9 Å². The van der Waals surface area contributed by atoms with E-state index >= 15 is 0 Å². The Bertz CT molecular complexity index is 774. The number of hydrogen-bond acceptors (Lipinski definition) is 5. The minimum Gasteiger partial charge on any atom is -0.488 e. The van der Waals surface area contributed by atoms with Crippen molar-refractivity contribution in [1.82, 2.24) is 0 Å². The lowest BCUT2D eigenvalue weighted by molar-refractivity contribution is -0.123. The summed E-state index contributed by atoms with van der Waals surface area (Å²) in [6.45, 7) is 0. The highest BCUT2D eigenvalue weighted by atomic mass is 32.2. The van der Waals surface area contributed by atoms with Crippen LogP contribution in [0.1, 0.15) is 37.7 Å². The molecule has 26 heavy (non-hydrogen) atoms. The molecule has 5 nitrogen and oxygen atoms in total. The van der Waals surface area contributed by atoms with Gasteiger partial charge < -0.3 is 15.8 Å². The molecule has 1 amide bonds. The third kappa shape index (κ3) is 3.09. The molecule has 138 valence electrons. The lowest BCUT2D eigenvalue weighted by atomic mass is 9.69. The zero-order valence-corrected chi connectivity index (χ0v) is 15.2. The van der Waals surface area contributed by atoms with Gasteiger partial charge in [-0.05, 0) is 43.0 Å². The average Bonchev–Trinajstić information content (AvgIpc) is 3.18. The van der Waals surface area contributed by atoms with Gasteiger partial charge in [-0.3, -0.25) is 9.79 Å². The highest BCUT2D eigenvalue weighted by Gasteiger charge is 2.46. The van der Waals surface area contributed by atoms with E-state index in [0.29, 0.717) is 22.8 Å². The van der Waals surface area contributed by atoms with Crippen molar-refractivity contribution in [2.24, 2.45) is 16.6 Å². The number of aliphatic imine (C=N–C) groups is 1. The van der Waals surface area contributed by atoms with Gasteiger partial charge in [0.25, 0.3) is 5.91 Å². The molecule has 1 unspecified atom stereocenters. The number of benzene rings is 1. The van der Waals surface area contributed by atoms with Crippen molar-refractivity contribution < 1.29 is 13.9 Å². The Balaban J connectivity index is 1.67. The molecule has 2 heterocycles. The molecule has 3 atom stereocenters. The van der Waals surface area contributed by atoms with E-state index in [0.717, 1.165) is 31.4 Å². The number of hydrogen-bond donors (Lipinski definition) is 2. The summed E-state index contributed by atoms with van der Waals surface area (Å²) >= 11 is 1.55. The van der Waals surface area contributed by atoms with Crippen LogP contribution in [-0.4, -0.2) is 22.9 Å². The van der Waals surface area contributed by atoms with Crippen LogP contribution in [0, 0.1) is 11.7 Å². The first-order valence-corrected chi connectivity index (χ1v) is 9.96.